The molecule has 1 aromatic rings. The molecule has 5 nitrogen and oxygen atoms in total. The number of rotatable bonds is 3. The van der Waals surface area contributed by atoms with Crippen molar-refractivity contribution in [2.24, 2.45) is 0 Å². The largest absolute Gasteiger partial charge is 0.347 e. The van der Waals surface area contributed by atoms with Gasteiger partial charge in [0.2, 0.25) is 5.91 Å². The van der Waals surface area contributed by atoms with Gasteiger partial charge in [0, 0.05) is 24.8 Å². The van der Waals surface area contributed by atoms with E-state index in [1.165, 1.54) is 4.90 Å². The van der Waals surface area contributed by atoms with Crippen LogP contribution >= 0.6 is 11.6 Å². The van der Waals surface area contributed by atoms with Gasteiger partial charge in [0.05, 0.1) is 6.54 Å². The second-order valence-corrected chi connectivity index (χ2v) is 4.04. The van der Waals surface area contributed by atoms with Gasteiger partial charge in [-0.15, -0.1) is 0 Å². The number of likely N-dealkylation sites (N-methyl/N-ethyl adjacent to an activating group) is 1. The van der Waals surface area contributed by atoms with Crippen LogP contribution in [0.25, 0.3) is 0 Å². The molecule has 0 aliphatic heterocycles. The first kappa shape index (κ1) is 13.3. The lowest BCUT2D eigenvalue weighted by molar-refractivity contribution is -0.127. The van der Waals surface area contributed by atoms with Crippen molar-refractivity contribution >= 4 is 29.2 Å². The third-order valence-corrected chi connectivity index (χ3v) is 2.25. The van der Waals surface area contributed by atoms with Crippen LogP contribution in [0.2, 0.25) is 5.02 Å². The van der Waals surface area contributed by atoms with Gasteiger partial charge in [-0.25, -0.2) is 4.79 Å². The number of hydrogen-bond donors (Lipinski definition) is 2. The highest BCUT2D eigenvalue weighted by atomic mass is 35.5. The minimum atomic E-state index is -0.428. The molecule has 3 amide bonds. The number of carbonyl (C=O) groups excluding carboxylic acids is 2. The number of hydrogen-bond acceptors (Lipinski definition) is 2. The molecule has 0 saturated carbocycles. The van der Waals surface area contributed by atoms with Crippen molar-refractivity contribution < 1.29 is 9.59 Å². The first-order valence-electron chi connectivity index (χ1n) is 4.99. The molecule has 0 aromatic heterocycles. The maximum Gasteiger partial charge on any atom is 0.319 e. The van der Waals surface area contributed by atoms with Crippen molar-refractivity contribution in [3.05, 3.63) is 29.3 Å². The zero-order valence-corrected chi connectivity index (χ0v) is 10.4. The number of benzene rings is 1. The molecule has 2 N–H and O–H groups in total. The Kier molecular flexibility index (Phi) is 4.78. The summed E-state index contributed by atoms with van der Waals surface area (Å²) in [5.41, 5.74) is 0.615. The van der Waals surface area contributed by atoms with E-state index in [-0.39, 0.29) is 12.5 Å². The Hall–Kier alpha value is -1.75. The van der Waals surface area contributed by atoms with Crippen LogP contribution < -0.4 is 10.6 Å². The second-order valence-electron chi connectivity index (χ2n) is 3.60. The van der Waals surface area contributed by atoms with Gasteiger partial charge >= 0.3 is 6.03 Å². The summed E-state index contributed by atoms with van der Waals surface area (Å²) in [6.07, 6.45) is 0. The minimum absolute atomic E-state index is 0.0353. The summed E-state index contributed by atoms with van der Waals surface area (Å²) in [6, 6.07) is 6.26. The summed E-state index contributed by atoms with van der Waals surface area (Å²) in [5, 5.41) is 5.63. The number of nitrogens with zero attached hydrogens (tertiary/aromatic N) is 1. The minimum Gasteiger partial charge on any atom is -0.347 e. The smallest absolute Gasteiger partial charge is 0.319 e. The Labute approximate surface area is 105 Å². The maximum atomic E-state index is 11.4. The Morgan fingerprint density at radius 3 is 2.35 bits per heavy atom. The third-order valence-electron chi connectivity index (χ3n) is 2.00. The first-order valence-corrected chi connectivity index (χ1v) is 5.37. The summed E-state index contributed by atoms with van der Waals surface area (Å²) >= 11 is 5.71. The summed E-state index contributed by atoms with van der Waals surface area (Å²) in [6.45, 7) is -0.0353. The number of anilines is 1. The molecule has 0 unspecified atom stereocenters. The van der Waals surface area contributed by atoms with Gasteiger partial charge in [0.15, 0.2) is 0 Å². The molecule has 0 saturated heterocycles. The third kappa shape index (κ3) is 4.74. The molecule has 0 bridgehead atoms. The van der Waals surface area contributed by atoms with E-state index in [4.69, 9.17) is 11.6 Å². The average Bonchev–Trinajstić information content (AvgIpc) is 2.29. The molecule has 92 valence electrons. The van der Waals surface area contributed by atoms with E-state index < -0.39 is 6.03 Å². The zero-order valence-electron chi connectivity index (χ0n) is 9.66. The maximum absolute atomic E-state index is 11.4. The van der Waals surface area contributed by atoms with E-state index in [1.807, 2.05) is 0 Å². The van der Waals surface area contributed by atoms with Crippen LogP contribution in [-0.2, 0) is 4.79 Å². The van der Waals surface area contributed by atoms with E-state index in [2.05, 4.69) is 10.6 Å². The zero-order chi connectivity index (χ0) is 12.8. The standard InChI is InChI=1S/C11H14ClN3O2/c1-15(2)10(16)7-13-11(17)14-9-5-3-8(12)4-6-9/h3-6H,7H2,1-2H3,(H2,13,14,17). The van der Waals surface area contributed by atoms with Crippen LogP contribution in [0.4, 0.5) is 10.5 Å². The van der Waals surface area contributed by atoms with Gasteiger partial charge in [-0.05, 0) is 24.3 Å². The fourth-order valence-electron chi connectivity index (χ4n) is 1.02. The van der Waals surface area contributed by atoms with Crippen LogP contribution in [0.1, 0.15) is 0 Å². The van der Waals surface area contributed by atoms with Crippen molar-refractivity contribution in [3.63, 3.8) is 0 Å². The van der Waals surface area contributed by atoms with Crippen molar-refractivity contribution in [3.8, 4) is 0 Å². The van der Waals surface area contributed by atoms with E-state index in [1.54, 1.807) is 38.4 Å². The Morgan fingerprint density at radius 1 is 1.24 bits per heavy atom. The van der Waals surface area contributed by atoms with Gasteiger partial charge in [0.25, 0.3) is 0 Å². The van der Waals surface area contributed by atoms with Crippen molar-refractivity contribution in [2.75, 3.05) is 26.0 Å². The predicted octanol–water partition coefficient (Wildman–Crippen LogP) is 1.55. The lowest BCUT2D eigenvalue weighted by atomic mass is 10.3. The molecule has 6 heteroatoms. The normalized spacial score (nSPS) is 9.59. The monoisotopic (exact) mass is 255 g/mol. The first-order chi connectivity index (χ1) is 7.99. The van der Waals surface area contributed by atoms with Gasteiger partial charge in [0.1, 0.15) is 0 Å². The molecule has 0 aliphatic carbocycles. The topological polar surface area (TPSA) is 61.4 Å². The van der Waals surface area contributed by atoms with Gasteiger partial charge in [-0.3, -0.25) is 4.79 Å². The summed E-state index contributed by atoms with van der Waals surface area (Å²) in [7, 11) is 3.25. The van der Waals surface area contributed by atoms with Crippen LogP contribution in [0.3, 0.4) is 0 Å². The van der Waals surface area contributed by atoms with E-state index in [0.29, 0.717) is 10.7 Å². The fourth-order valence-corrected chi connectivity index (χ4v) is 1.15. The Morgan fingerprint density at radius 2 is 1.82 bits per heavy atom. The predicted molar refractivity (Wildman–Crippen MR) is 67.2 cm³/mol. The molecular weight excluding hydrogens is 242 g/mol. The van der Waals surface area contributed by atoms with Crippen LogP contribution in [0.5, 0.6) is 0 Å². The summed E-state index contributed by atoms with van der Waals surface area (Å²) < 4.78 is 0. The van der Waals surface area contributed by atoms with Crippen LogP contribution in [-0.4, -0.2) is 37.5 Å². The Balaban J connectivity index is 2.40. The number of carbonyl (C=O) groups is 2. The number of nitrogens with one attached hydrogen (secondary N) is 2. The SMILES string of the molecule is CN(C)C(=O)CNC(=O)Nc1ccc(Cl)cc1. The van der Waals surface area contributed by atoms with Crippen molar-refractivity contribution in [1.29, 1.82) is 0 Å². The van der Waals surface area contributed by atoms with Crippen LogP contribution in [0, 0.1) is 0 Å². The quantitative estimate of drug-likeness (QED) is 0.861. The lowest BCUT2D eigenvalue weighted by Crippen LogP contribution is -2.38. The number of urea groups is 1. The van der Waals surface area contributed by atoms with E-state index >= 15 is 0 Å². The second kappa shape index (κ2) is 6.10. The number of halogens is 1. The molecule has 0 fully saturated rings. The van der Waals surface area contributed by atoms with Crippen molar-refractivity contribution in [1.82, 2.24) is 10.2 Å². The van der Waals surface area contributed by atoms with Crippen molar-refractivity contribution in [2.45, 2.75) is 0 Å². The average molecular weight is 256 g/mol. The molecule has 0 aliphatic rings. The molecule has 0 radical (unpaired) electrons. The summed E-state index contributed by atoms with van der Waals surface area (Å²) in [4.78, 5) is 24.0. The molecule has 0 atom stereocenters. The lowest BCUT2D eigenvalue weighted by Gasteiger charge is -2.11. The Bertz CT molecular complexity index is 404. The molecule has 17 heavy (non-hydrogen) atoms. The highest BCUT2D eigenvalue weighted by molar-refractivity contribution is 6.30. The number of amides is 3. The highest BCUT2D eigenvalue weighted by Gasteiger charge is 2.06. The van der Waals surface area contributed by atoms with Gasteiger partial charge in [-0.2, -0.15) is 0 Å². The highest BCUT2D eigenvalue weighted by Crippen LogP contribution is 2.12. The van der Waals surface area contributed by atoms with Crippen LogP contribution in [0.15, 0.2) is 24.3 Å². The molecule has 1 rings (SSSR count). The fraction of sp³-hybridized carbons (Fsp3) is 0.273. The summed E-state index contributed by atoms with van der Waals surface area (Å²) in [5.74, 6) is -0.170. The van der Waals surface area contributed by atoms with E-state index in [0.717, 1.165) is 0 Å². The van der Waals surface area contributed by atoms with Gasteiger partial charge < -0.3 is 15.5 Å². The molecule has 1 aromatic carbocycles. The van der Waals surface area contributed by atoms with Gasteiger partial charge in [-0.1, -0.05) is 11.6 Å². The molecule has 0 spiro atoms. The molecular formula is C11H14ClN3O2. The van der Waals surface area contributed by atoms with E-state index in [9.17, 15) is 9.59 Å². The molecule has 0 heterocycles.